The Bertz CT molecular complexity index is 1350. The lowest BCUT2D eigenvalue weighted by molar-refractivity contribution is 0.0962. The first kappa shape index (κ1) is 23.8. The summed E-state index contributed by atoms with van der Waals surface area (Å²) in [6, 6.07) is 9.39. The largest absolute Gasteiger partial charge is 0.496 e. The molecule has 0 aliphatic rings. The summed E-state index contributed by atoms with van der Waals surface area (Å²) in [4.78, 5) is 29.2. The number of aromatic nitrogens is 5. The SMILES string of the molecule is C=NCCn1ncc2cc(-c3cc(NCC(C)c4ccc(C(=O)NC)cc4OC)ncn3)cnc21. The Hall–Kier alpha value is -4.34. The smallest absolute Gasteiger partial charge is 0.251 e. The van der Waals surface area contributed by atoms with E-state index in [9.17, 15) is 4.79 Å². The van der Waals surface area contributed by atoms with Crippen LogP contribution in [0.15, 0.2) is 54.0 Å². The van der Waals surface area contributed by atoms with Gasteiger partial charge in [-0.3, -0.25) is 9.79 Å². The molecule has 4 aromatic rings. The van der Waals surface area contributed by atoms with Crippen molar-refractivity contribution in [2.45, 2.75) is 19.4 Å². The average Bonchev–Trinajstić information content (AvgIpc) is 3.31. The summed E-state index contributed by atoms with van der Waals surface area (Å²) in [5.41, 5.74) is 4.00. The van der Waals surface area contributed by atoms with Gasteiger partial charge >= 0.3 is 0 Å². The van der Waals surface area contributed by atoms with Gasteiger partial charge in [0.2, 0.25) is 0 Å². The first-order valence-electron chi connectivity index (χ1n) is 11.2. The molecule has 4 rings (SSSR count). The first-order chi connectivity index (χ1) is 17.0. The molecule has 0 fully saturated rings. The van der Waals surface area contributed by atoms with E-state index in [-0.39, 0.29) is 11.8 Å². The zero-order chi connectivity index (χ0) is 24.8. The molecule has 0 aliphatic heterocycles. The van der Waals surface area contributed by atoms with Gasteiger partial charge in [0.15, 0.2) is 5.65 Å². The average molecular weight is 473 g/mol. The minimum absolute atomic E-state index is 0.107. The second-order valence-electron chi connectivity index (χ2n) is 8.06. The molecule has 0 spiro atoms. The topological polar surface area (TPSA) is 119 Å². The third kappa shape index (κ3) is 5.26. The van der Waals surface area contributed by atoms with Gasteiger partial charge in [0.1, 0.15) is 17.9 Å². The van der Waals surface area contributed by atoms with E-state index in [2.05, 4.69) is 49.3 Å². The van der Waals surface area contributed by atoms with Gasteiger partial charge in [-0.1, -0.05) is 13.0 Å². The van der Waals surface area contributed by atoms with Crippen LogP contribution in [0.2, 0.25) is 0 Å². The third-order valence-electron chi connectivity index (χ3n) is 5.75. The standard InChI is InChI=1S/C25H28N8O2/c1-16(20-6-5-17(25(34)27-3)10-22(20)35-4)12-28-23-11-21(30-15-31-23)18-9-19-14-32-33(8-7-26-2)24(19)29-13-18/h5-6,9-11,13-16H,2,7-8,12H2,1,3-4H3,(H,27,34)(H,28,30,31). The summed E-state index contributed by atoms with van der Waals surface area (Å²) < 4.78 is 7.35. The van der Waals surface area contributed by atoms with E-state index in [0.29, 0.717) is 36.8 Å². The summed E-state index contributed by atoms with van der Waals surface area (Å²) in [6.07, 6.45) is 5.11. The molecule has 10 nitrogen and oxygen atoms in total. The summed E-state index contributed by atoms with van der Waals surface area (Å²) in [7, 11) is 3.21. The number of carbonyl (C=O) groups excluding carboxylic acids is 1. The van der Waals surface area contributed by atoms with Crippen LogP contribution in [0.5, 0.6) is 5.75 Å². The number of amides is 1. The highest BCUT2D eigenvalue weighted by Crippen LogP contribution is 2.28. The van der Waals surface area contributed by atoms with Gasteiger partial charge in [0.05, 0.1) is 32.1 Å². The van der Waals surface area contributed by atoms with Crippen LogP contribution in [0.1, 0.15) is 28.8 Å². The van der Waals surface area contributed by atoms with Crippen LogP contribution in [0.25, 0.3) is 22.3 Å². The van der Waals surface area contributed by atoms with Crippen molar-refractivity contribution in [3.63, 3.8) is 0 Å². The van der Waals surface area contributed by atoms with Crippen LogP contribution in [0.4, 0.5) is 5.82 Å². The Morgan fingerprint density at radius 3 is 2.83 bits per heavy atom. The van der Waals surface area contributed by atoms with E-state index in [1.54, 1.807) is 38.7 Å². The monoisotopic (exact) mass is 472 g/mol. The number of aliphatic imine (C=N–C) groups is 1. The minimum atomic E-state index is -0.150. The molecule has 0 radical (unpaired) electrons. The molecule has 1 amide bonds. The van der Waals surface area contributed by atoms with Crippen molar-refractivity contribution in [1.29, 1.82) is 0 Å². The van der Waals surface area contributed by atoms with E-state index >= 15 is 0 Å². The number of rotatable bonds is 10. The fourth-order valence-corrected chi connectivity index (χ4v) is 3.82. The van der Waals surface area contributed by atoms with Crippen molar-refractivity contribution < 1.29 is 9.53 Å². The van der Waals surface area contributed by atoms with E-state index in [0.717, 1.165) is 27.9 Å². The predicted molar refractivity (Wildman–Crippen MR) is 136 cm³/mol. The van der Waals surface area contributed by atoms with Gasteiger partial charge in [-0.05, 0) is 30.5 Å². The molecule has 180 valence electrons. The Morgan fingerprint density at radius 1 is 1.20 bits per heavy atom. The van der Waals surface area contributed by atoms with Crippen LogP contribution in [0, 0.1) is 0 Å². The number of anilines is 1. The molecule has 2 N–H and O–H groups in total. The maximum atomic E-state index is 11.9. The molecule has 10 heteroatoms. The molecular formula is C25H28N8O2. The lowest BCUT2D eigenvalue weighted by Gasteiger charge is -2.17. The third-order valence-corrected chi connectivity index (χ3v) is 5.75. The lowest BCUT2D eigenvalue weighted by Crippen LogP contribution is -2.18. The van der Waals surface area contributed by atoms with Crippen LogP contribution in [-0.4, -0.2) is 64.6 Å². The molecule has 1 aromatic carbocycles. The molecule has 0 saturated heterocycles. The second-order valence-corrected chi connectivity index (χ2v) is 8.06. The highest BCUT2D eigenvalue weighted by Gasteiger charge is 2.15. The Balaban J connectivity index is 1.48. The Morgan fingerprint density at radius 2 is 2.06 bits per heavy atom. The lowest BCUT2D eigenvalue weighted by atomic mass is 9.98. The number of methoxy groups -OCH3 is 1. The van der Waals surface area contributed by atoms with Crippen molar-refractivity contribution in [3.8, 4) is 17.0 Å². The highest BCUT2D eigenvalue weighted by molar-refractivity contribution is 5.94. The van der Waals surface area contributed by atoms with Gasteiger partial charge in [-0.15, -0.1) is 0 Å². The number of ether oxygens (including phenoxy) is 1. The summed E-state index contributed by atoms with van der Waals surface area (Å²) in [6.45, 7) is 7.44. The van der Waals surface area contributed by atoms with Gasteiger partial charge in [0.25, 0.3) is 5.91 Å². The fourth-order valence-electron chi connectivity index (χ4n) is 3.82. The molecular weight excluding hydrogens is 444 g/mol. The normalized spacial score (nSPS) is 11.7. The quantitative estimate of drug-likeness (QED) is 0.340. The van der Waals surface area contributed by atoms with Crippen LogP contribution < -0.4 is 15.4 Å². The van der Waals surface area contributed by atoms with E-state index in [1.165, 1.54) is 6.33 Å². The van der Waals surface area contributed by atoms with Crippen LogP contribution in [0.3, 0.4) is 0 Å². The van der Waals surface area contributed by atoms with Crippen molar-refractivity contribution in [3.05, 3.63) is 60.2 Å². The Labute approximate surface area is 203 Å². The van der Waals surface area contributed by atoms with Gasteiger partial charge < -0.3 is 15.4 Å². The molecule has 1 unspecified atom stereocenters. The fraction of sp³-hybridized carbons (Fsp3) is 0.280. The first-order valence-corrected chi connectivity index (χ1v) is 11.2. The summed E-state index contributed by atoms with van der Waals surface area (Å²) in [5.74, 6) is 1.34. The number of nitrogens with zero attached hydrogens (tertiary/aromatic N) is 6. The molecule has 3 heterocycles. The number of benzene rings is 1. The summed E-state index contributed by atoms with van der Waals surface area (Å²) in [5, 5.41) is 11.3. The number of nitrogens with one attached hydrogen (secondary N) is 2. The van der Waals surface area contributed by atoms with Crippen molar-refractivity contribution in [1.82, 2.24) is 30.0 Å². The van der Waals surface area contributed by atoms with Crippen molar-refractivity contribution in [2.75, 3.05) is 32.6 Å². The molecule has 0 aliphatic carbocycles. The molecule has 1 atom stereocenters. The number of hydrogen-bond donors (Lipinski definition) is 2. The molecule has 0 saturated carbocycles. The maximum Gasteiger partial charge on any atom is 0.251 e. The van der Waals surface area contributed by atoms with E-state index < -0.39 is 0 Å². The van der Waals surface area contributed by atoms with Crippen LogP contribution in [-0.2, 0) is 6.54 Å². The molecule has 3 aromatic heterocycles. The van der Waals surface area contributed by atoms with Crippen molar-refractivity contribution >= 4 is 29.5 Å². The number of carbonyl (C=O) groups is 1. The summed E-state index contributed by atoms with van der Waals surface area (Å²) >= 11 is 0. The maximum absolute atomic E-state index is 11.9. The second kappa shape index (κ2) is 10.7. The molecule has 0 bridgehead atoms. The van der Waals surface area contributed by atoms with E-state index in [4.69, 9.17) is 4.74 Å². The van der Waals surface area contributed by atoms with E-state index in [1.807, 2.05) is 22.9 Å². The minimum Gasteiger partial charge on any atom is -0.496 e. The van der Waals surface area contributed by atoms with Gasteiger partial charge in [0, 0.05) is 48.3 Å². The van der Waals surface area contributed by atoms with Gasteiger partial charge in [-0.2, -0.15) is 5.10 Å². The zero-order valence-corrected chi connectivity index (χ0v) is 20.0. The van der Waals surface area contributed by atoms with Crippen LogP contribution >= 0.6 is 0 Å². The predicted octanol–water partition coefficient (Wildman–Crippen LogP) is 3.17. The van der Waals surface area contributed by atoms with Crippen molar-refractivity contribution in [2.24, 2.45) is 4.99 Å². The highest BCUT2D eigenvalue weighted by atomic mass is 16.5. The zero-order valence-electron chi connectivity index (χ0n) is 20.0. The Kier molecular flexibility index (Phi) is 7.30. The number of fused-ring (bicyclic) bond motifs is 1. The number of pyridine rings is 1. The molecule has 35 heavy (non-hydrogen) atoms. The van der Waals surface area contributed by atoms with Gasteiger partial charge in [-0.25, -0.2) is 19.6 Å². The number of hydrogen-bond acceptors (Lipinski definition) is 8.